The zero-order chi connectivity index (χ0) is 19.4. The fraction of sp³-hybridized carbons (Fsp3) is 0.0500. The Balaban J connectivity index is 1.92. The van der Waals surface area contributed by atoms with E-state index in [0.717, 1.165) is 11.1 Å². The van der Waals surface area contributed by atoms with E-state index in [-0.39, 0.29) is 10.5 Å². The van der Waals surface area contributed by atoms with Gasteiger partial charge in [0.2, 0.25) is 15.9 Å². The van der Waals surface area contributed by atoms with Gasteiger partial charge in [-0.1, -0.05) is 48.5 Å². The van der Waals surface area contributed by atoms with Crippen molar-refractivity contribution in [3.05, 3.63) is 89.0 Å². The summed E-state index contributed by atoms with van der Waals surface area (Å²) >= 11 is 0. The highest BCUT2D eigenvalue weighted by Crippen LogP contribution is 2.58. The summed E-state index contributed by atoms with van der Waals surface area (Å²) in [7, 11) is -4.02. The molecule has 7 heteroatoms. The summed E-state index contributed by atoms with van der Waals surface area (Å²) in [6, 6.07) is 18.5. The number of hydrogen-bond donors (Lipinski definition) is 3. The lowest BCUT2D eigenvalue weighted by atomic mass is 9.99. The van der Waals surface area contributed by atoms with Crippen LogP contribution in [-0.4, -0.2) is 19.4 Å². The van der Waals surface area contributed by atoms with Crippen molar-refractivity contribution in [2.24, 2.45) is 10.9 Å². The third kappa shape index (κ3) is 2.64. The second-order valence-electron chi connectivity index (χ2n) is 6.42. The Kier molecular flexibility index (Phi) is 3.71. The van der Waals surface area contributed by atoms with Gasteiger partial charge in [-0.3, -0.25) is 4.79 Å². The predicted octanol–water partition coefficient (Wildman–Crippen LogP) is 1.70. The van der Waals surface area contributed by atoms with Crippen LogP contribution in [0, 0.1) is 0 Å². The summed E-state index contributed by atoms with van der Waals surface area (Å²) in [4.78, 5) is 11.2. The topological polar surface area (TPSA) is 123 Å². The molecule has 0 bridgehead atoms. The van der Waals surface area contributed by atoms with Crippen molar-refractivity contribution in [3.8, 4) is 11.1 Å². The molecule has 0 fully saturated rings. The maximum absolute atomic E-state index is 12.0. The number of fused-ring (bicyclic) bond motifs is 1. The minimum absolute atomic E-state index is 0.112. The van der Waals surface area contributed by atoms with E-state index in [9.17, 15) is 18.3 Å². The first-order valence-corrected chi connectivity index (χ1v) is 9.68. The quantitative estimate of drug-likeness (QED) is 0.637. The van der Waals surface area contributed by atoms with E-state index in [4.69, 9.17) is 10.9 Å². The Hall–Kier alpha value is -3.00. The zero-order valence-electron chi connectivity index (χ0n) is 14.1. The first-order chi connectivity index (χ1) is 12.7. The number of carbonyl (C=O) groups excluding carboxylic acids is 1. The van der Waals surface area contributed by atoms with Crippen LogP contribution in [0.25, 0.3) is 11.1 Å². The normalized spacial score (nSPS) is 18.0. The molecule has 1 unspecified atom stereocenters. The molecule has 3 aromatic rings. The number of sulfonamides is 1. The lowest BCUT2D eigenvalue weighted by Gasteiger charge is -2.11. The van der Waals surface area contributed by atoms with Crippen molar-refractivity contribution in [1.82, 2.24) is 0 Å². The molecular formula is C20H16N2O4S. The minimum Gasteiger partial charge on any atom is -0.376 e. The van der Waals surface area contributed by atoms with Gasteiger partial charge in [0.1, 0.15) is 5.60 Å². The fourth-order valence-electron chi connectivity index (χ4n) is 3.49. The van der Waals surface area contributed by atoms with Crippen LogP contribution in [-0.2, 0) is 15.6 Å². The Bertz CT molecular complexity index is 1170. The largest absolute Gasteiger partial charge is 0.376 e. The Morgan fingerprint density at radius 1 is 0.889 bits per heavy atom. The van der Waals surface area contributed by atoms with Gasteiger partial charge < -0.3 is 10.8 Å². The first kappa shape index (κ1) is 17.4. The second-order valence-corrected chi connectivity index (χ2v) is 7.95. The summed E-state index contributed by atoms with van der Waals surface area (Å²) < 4.78 is 24.0. The minimum atomic E-state index is -4.02. The van der Waals surface area contributed by atoms with Crippen molar-refractivity contribution in [2.45, 2.75) is 10.5 Å². The number of nitrogens with two attached hydrogens (primary N) is 2. The van der Waals surface area contributed by atoms with Crippen LogP contribution in [0.4, 0.5) is 0 Å². The number of rotatable bonds is 4. The van der Waals surface area contributed by atoms with Crippen LogP contribution in [0.5, 0.6) is 0 Å². The molecule has 0 spiro atoms. The maximum Gasteiger partial charge on any atom is 0.248 e. The monoisotopic (exact) mass is 380 g/mol. The van der Waals surface area contributed by atoms with Gasteiger partial charge in [-0.25, -0.2) is 13.6 Å². The van der Waals surface area contributed by atoms with Gasteiger partial charge in [-0.05, 0) is 34.9 Å². The molecule has 0 aliphatic heterocycles. The van der Waals surface area contributed by atoms with Crippen LogP contribution < -0.4 is 10.9 Å². The average molecular weight is 380 g/mol. The summed E-state index contributed by atoms with van der Waals surface area (Å²) in [6.45, 7) is 0. The Morgan fingerprint density at radius 2 is 1.52 bits per heavy atom. The third-order valence-electron chi connectivity index (χ3n) is 4.81. The molecule has 0 radical (unpaired) electrons. The fourth-order valence-corrected chi connectivity index (χ4v) is 4.28. The van der Waals surface area contributed by atoms with Gasteiger partial charge >= 0.3 is 0 Å². The highest BCUT2D eigenvalue weighted by atomic mass is 32.2. The highest BCUT2D eigenvalue weighted by Gasteiger charge is 2.56. The van der Waals surface area contributed by atoms with Crippen LogP contribution in [0.2, 0.25) is 0 Å². The molecule has 27 heavy (non-hydrogen) atoms. The van der Waals surface area contributed by atoms with E-state index in [1.165, 1.54) is 18.2 Å². The van der Waals surface area contributed by atoms with Crippen LogP contribution in [0.3, 0.4) is 0 Å². The summed E-state index contributed by atoms with van der Waals surface area (Å²) in [5.41, 5.74) is 6.72. The summed E-state index contributed by atoms with van der Waals surface area (Å²) in [6.07, 6.45) is 0. The van der Waals surface area contributed by atoms with Crippen molar-refractivity contribution >= 4 is 15.9 Å². The van der Waals surface area contributed by atoms with E-state index < -0.39 is 21.5 Å². The average Bonchev–Trinajstić information content (AvgIpc) is 3.28. The molecule has 1 atom stereocenters. The Labute approximate surface area is 156 Å². The molecule has 0 saturated heterocycles. The smallest absolute Gasteiger partial charge is 0.248 e. The second kappa shape index (κ2) is 5.75. The third-order valence-corrected chi connectivity index (χ3v) is 5.76. The molecular weight excluding hydrogens is 364 g/mol. The number of aliphatic hydroxyl groups is 1. The molecule has 0 saturated carbocycles. The van der Waals surface area contributed by atoms with Gasteiger partial charge in [-0.2, -0.15) is 0 Å². The van der Waals surface area contributed by atoms with Gasteiger partial charge in [-0.15, -0.1) is 0 Å². The number of hydrogen-bond acceptors (Lipinski definition) is 4. The zero-order valence-corrected chi connectivity index (χ0v) is 14.9. The Morgan fingerprint density at radius 3 is 2.07 bits per heavy atom. The van der Waals surface area contributed by atoms with E-state index in [2.05, 4.69) is 0 Å². The van der Waals surface area contributed by atoms with Crippen LogP contribution in [0.1, 0.15) is 27.0 Å². The molecule has 136 valence electrons. The molecule has 6 nitrogen and oxygen atoms in total. The van der Waals surface area contributed by atoms with Gasteiger partial charge in [0.05, 0.1) is 4.90 Å². The number of carbonyl (C=O) groups is 1. The van der Waals surface area contributed by atoms with E-state index in [0.29, 0.717) is 16.7 Å². The van der Waals surface area contributed by atoms with E-state index in [1.807, 2.05) is 30.3 Å². The molecule has 1 aliphatic carbocycles. The molecule has 1 aliphatic rings. The highest BCUT2D eigenvalue weighted by molar-refractivity contribution is 7.89. The number of primary amides is 1. The van der Waals surface area contributed by atoms with Gasteiger partial charge in [0.25, 0.3) is 0 Å². The van der Waals surface area contributed by atoms with Crippen molar-refractivity contribution in [1.29, 1.82) is 0 Å². The van der Waals surface area contributed by atoms with Gasteiger partial charge in [0.15, 0.2) is 0 Å². The molecule has 0 aromatic heterocycles. The van der Waals surface area contributed by atoms with Crippen molar-refractivity contribution in [3.63, 3.8) is 0 Å². The van der Waals surface area contributed by atoms with Crippen LogP contribution >= 0.6 is 0 Å². The summed E-state index contributed by atoms with van der Waals surface area (Å²) in [5, 5.41) is 16.7. The number of benzene rings is 3. The first-order valence-electron chi connectivity index (χ1n) is 8.13. The SMILES string of the molecule is NC(=O)c1ccc(C2(O)c3c(-c4ccccc4)ccc(S(N)(=O)=O)c32)cc1. The molecule has 4 rings (SSSR count). The maximum atomic E-state index is 12.0. The van der Waals surface area contributed by atoms with E-state index in [1.54, 1.807) is 18.2 Å². The lowest BCUT2D eigenvalue weighted by molar-refractivity contribution is 0.1000. The molecule has 5 N–H and O–H groups in total. The predicted molar refractivity (Wildman–Crippen MR) is 100 cm³/mol. The van der Waals surface area contributed by atoms with Crippen molar-refractivity contribution < 1.29 is 18.3 Å². The van der Waals surface area contributed by atoms with Crippen LogP contribution in [0.15, 0.2) is 71.6 Å². The lowest BCUT2D eigenvalue weighted by Crippen LogP contribution is -2.16. The van der Waals surface area contributed by atoms with E-state index >= 15 is 0 Å². The van der Waals surface area contributed by atoms with Gasteiger partial charge in [0, 0.05) is 16.7 Å². The standard InChI is InChI=1S/C20H16N2O4S/c21-19(23)13-6-8-14(9-7-13)20(24)17-15(12-4-2-1-3-5-12)10-11-16(18(17)20)27(22,25)26/h1-11,24H,(H2,21,23)(H2,22,25,26). The number of primary sulfonamides is 1. The molecule has 1 amide bonds. The number of amides is 1. The van der Waals surface area contributed by atoms with Crippen molar-refractivity contribution in [2.75, 3.05) is 0 Å². The summed E-state index contributed by atoms with van der Waals surface area (Å²) in [5.74, 6) is -0.586. The molecule has 3 aromatic carbocycles. The molecule has 0 heterocycles.